The highest BCUT2D eigenvalue weighted by Gasteiger charge is 2.12. The fraction of sp³-hybridized carbons (Fsp3) is 0.737. The van der Waals surface area contributed by atoms with Crippen LogP contribution < -0.4 is 5.73 Å². The summed E-state index contributed by atoms with van der Waals surface area (Å²) in [6, 6.07) is 2.21. The van der Waals surface area contributed by atoms with Crippen molar-refractivity contribution in [3.63, 3.8) is 0 Å². The summed E-state index contributed by atoms with van der Waals surface area (Å²) in [5, 5.41) is 15.7. The molecule has 0 saturated carbocycles. The maximum atomic E-state index is 6.16. The highest BCUT2D eigenvalue weighted by atomic mass is 15.4. The normalized spacial score (nSPS) is 15.4. The third-order valence-electron chi connectivity index (χ3n) is 4.61. The van der Waals surface area contributed by atoms with Gasteiger partial charge in [0.2, 0.25) is 0 Å². The zero-order valence-electron chi connectivity index (χ0n) is 16.2. The molecule has 0 aromatic carbocycles. The van der Waals surface area contributed by atoms with Crippen LogP contribution in [0, 0.1) is 17.8 Å². The van der Waals surface area contributed by atoms with Crippen LogP contribution in [0.2, 0.25) is 0 Å². The van der Waals surface area contributed by atoms with Gasteiger partial charge in [-0.05, 0) is 43.1 Å². The molecule has 3 atom stereocenters. The second-order valence-corrected chi connectivity index (χ2v) is 8.08. The topological polar surface area (TPSA) is 85.4 Å². The van der Waals surface area contributed by atoms with Gasteiger partial charge in [-0.25, -0.2) is 0 Å². The number of aromatic amines is 1. The van der Waals surface area contributed by atoms with Crippen molar-refractivity contribution in [2.24, 2.45) is 23.5 Å². The summed E-state index contributed by atoms with van der Waals surface area (Å²) >= 11 is 0. The second-order valence-electron chi connectivity index (χ2n) is 8.08. The minimum Gasteiger partial charge on any atom is -0.326 e. The number of nitrogens with two attached hydrogens (primary N) is 1. The van der Waals surface area contributed by atoms with Crippen LogP contribution in [0.1, 0.15) is 58.3 Å². The smallest absolute Gasteiger partial charge is 0.0829 e. The van der Waals surface area contributed by atoms with Crippen molar-refractivity contribution in [1.82, 2.24) is 25.2 Å². The molecular weight excluding hydrogens is 312 g/mol. The average Bonchev–Trinajstić information content (AvgIpc) is 3.16. The molecule has 0 aliphatic rings. The number of hydrogen-bond donors (Lipinski definition) is 2. The Morgan fingerprint density at radius 3 is 2.36 bits per heavy atom. The summed E-state index contributed by atoms with van der Waals surface area (Å²) in [4.78, 5) is 0. The first-order valence-corrected chi connectivity index (χ1v) is 9.55. The van der Waals surface area contributed by atoms with Crippen LogP contribution in [0.5, 0.6) is 0 Å². The Bertz CT molecular complexity index is 589. The number of hydrogen-bond acceptors (Lipinski definition) is 4. The molecule has 2 rings (SSSR count). The van der Waals surface area contributed by atoms with E-state index in [1.807, 2.05) is 10.9 Å². The van der Waals surface area contributed by atoms with Gasteiger partial charge in [0.05, 0.1) is 17.9 Å². The van der Waals surface area contributed by atoms with E-state index in [4.69, 9.17) is 5.73 Å². The molecular formula is C19H34N6. The first kappa shape index (κ1) is 19.6. The van der Waals surface area contributed by atoms with E-state index in [2.05, 4.69) is 60.5 Å². The van der Waals surface area contributed by atoms with Crippen molar-refractivity contribution in [3.05, 3.63) is 29.8 Å². The van der Waals surface area contributed by atoms with Gasteiger partial charge >= 0.3 is 0 Å². The lowest BCUT2D eigenvalue weighted by molar-refractivity contribution is 0.422. The van der Waals surface area contributed by atoms with Crippen LogP contribution in [0.25, 0.3) is 0 Å². The molecule has 25 heavy (non-hydrogen) atoms. The molecule has 6 heteroatoms. The summed E-state index contributed by atoms with van der Waals surface area (Å²) in [6.07, 6.45) is 9.39. The molecule has 140 valence electrons. The van der Waals surface area contributed by atoms with Gasteiger partial charge in [-0.2, -0.15) is 5.10 Å². The number of nitrogens with zero attached hydrogens (tertiary/aromatic N) is 4. The van der Waals surface area contributed by atoms with Crippen molar-refractivity contribution in [2.45, 2.75) is 72.4 Å². The molecule has 2 aromatic rings. The van der Waals surface area contributed by atoms with Crippen LogP contribution in [-0.4, -0.2) is 31.2 Å². The number of H-pyrrole nitrogens is 1. The number of aromatic nitrogens is 5. The lowest BCUT2D eigenvalue weighted by Crippen LogP contribution is -2.28. The molecule has 0 spiro atoms. The van der Waals surface area contributed by atoms with E-state index in [0.717, 1.165) is 37.2 Å². The Balaban J connectivity index is 1.70. The lowest BCUT2D eigenvalue weighted by atomic mass is 9.92. The predicted molar refractivity (Wildman–Crippen MR) is 101 cm³/mol. The van der Waals surface area contributed by atoms with Gasteiger partial charge in [0, 0.05) is 18.4 Å². The SMILES string of the molecule is CC(C)C[C@H](N)Cn1cc(CC(C)CCC(C)Cc2cc[nH]n2)nn1. The molecule has 0 amide bonds. The minimum atomic E-state index is 0.148. The molecule has 0 aliphatic carbocycles. The highest BCUT2D eigenvalue weighted by molar-refractivity contribution is 4.98. The van der Waals surface area contributed by atoms with Gasteiger partial charge in [-0.1, -0.05) is 45.7 Å². The van der Waals surface area contributed by atoms with Gasteiger partial charge in [0.15, 0.2) is 0 Å². The largest absolute Gasteiger partial charge is 0.326 e. The predicted octanol–water partition coefficient (Wildman–Crippen LogP) is 3.21. The Labute approximate surface area is 151 Å². The quantitative estimate of drug-likeness (QED) is 0.654. The van der Waals surface area contributed by atoms with Crippen molar-refractivity contribution in [2.75, 3.05) is 0 Å². The van der Waals surface area contributed by atoms with E-state index in [1.165, 1.54) is 12.8 Å². The van der Waals surface area contributed by atoms with Gasteiger partial charge < -0.3 is 5.73 Å². The van der Waals surface area contributed by atoms with Crippen LogP contribution in [0.15, 0.2) is 18.5 Å². The van der Waals surface area contributed by atoms with E-state index >= 15 is 0 Å². The van der Waals surface area contributed by atoms with E-state index in [1.54, 1.807) is 0 Å². The molecule has 0 fully saturated rings. The number of rotatable bonds is 11. The van der Waals surface area contributed by atoms with E-state index < -0.39 is 0 Å². The maximum Gasteiger partial charge on any atom is 0.0829 e. The maximum absolute atomic E-state index is 6.16. The standard InChI is InChI=1S/C19H34N6/c1-14(2)9-17(20)12-25-13-19(23-24-25)11-16(4)6-5-15(3)10-18-7-8-21-22-18/h7-8,13-17H,5-6,9-12,20H2,1-4H3,(H,21,22)/t15?,16?,17-/m0/s1. The van der Waals surface area contributed by atoms with Gasteiger partial charge in [0.1, 0.15) is 0 Å². The summed E-state index contributed by atoms with van der Waals surface area (Å²) in [5.74, 6) is 1.87. The Hall–Kier alpha value is -1.69. The molecule has 6 nitrogen and oxygen atoms in total. The lowest BCUT2D eigenvalue weighted by Gasteiger charge is -2.14. The first-order valence-electron chi connectivity index (χ1n) is 9.55. The zero-order chi connectivity index (χ0) is 18.2. The first-order chi connectivity index (χ1) is 11.9. The molecule has 0 bridgehead atoms. The van der Waals surface area contributed by atoms with Crippen molar-refractivity contribution in [1.29, 1.82) is 0 Å². The molecule has 3 N–H and O–H groups in total. The summed E-state index contributed by atoms with van der Waals surface area (Å²) in [6.45, 7) is 9.74. The van der Waals surface area contributed by atoms with Crippen molar-refractivity contribution < 1.29 is 0 Å². The Kier molecular flexibility index (Phi) is 7.62. The molecule has 0 aliphatic heterocycles. The second kappa shape index (κ2) is 9.70. The third-order valence-corrected chi connectivity index (χ3v) is 4.61. The van der Waals surface area contributed by atoms with Crippen LogP contribution in [0.3, 0.4) is 0 Å². The fourth-order valence-electron chi connectivity index (χ4n) is 3.33. The third kappa shape index (κ3) is 7.38. The summed E-state index contributed by atoms with van der Waals surface area (Å²) < 4.78 is 1.90. The molecule has 2 heterocycles. The highest BCUT2D eigenvalue weighted by Crippen LogP contribution is 2.18. The molecule has 2 unspecified atom stereocenters. The molecule has 0 radical (unpaired) electrons. The average molecular weight is 347 g/mol. The van der Waals surface area contributed by atoms with E-state index in [-0.39, 0.29) is 6.04 Å². The van der Waals surface area contributed by atoms with Gasteiger partial charge in [0.25, 0.3) is 0 Å². The van der Waals surface area contributed by atoms with Gasteiger partial charge in [-0.3, -0.25) is 9.78 Å². The summed E-state index contributed by atoms with van der Waals surface area (Å²) in [5.41, 5.74) is 8.38. The zero-order valence-corrected chi connectivity index (χ0v) is 16.2. The van der Waals surface area contributed by atoms with E-state index in [9.17, 15) is 0 Å². The van der Waals surface area contributed by atoms with Crippen molar-refractivity contribution in [3.8, 4) is 0 Å². The van der Waals surface area contributed by atoms with Crippen LogP contribution in [-0.2, 0) is 19.4 Å². The summed E-state index contributed by atoms with van der Waals surface area (Å²) in [7, 11) is 0. The molecule has 2 aromatic heterocycles. The Morgan fingerprint density at radius 2 is 1.76 bits per heavy atom. The fourth-order valence-corrected chi connectivity index (χ4v) is 3.33. The Morgan fingerprint density at radius 1 is 1.08 bits per heavy atom. The molecule has 0 saturated heterocycles. The van der Waals surface area contributed by atoms with Crippen molar-refractivity contribution >= 4 is 0 Å². The van der Waals surface area contributed by atoms with Crippen LogP contribution in [0.4, 0.5) is 0 Å². The number of nitrogens with one attached hydrogen (secondary N) is 1. The van der Waals surface area contributed by atoms with Crippen LogP contribution >= 0.6 is 0 Å². The monoisotopic (exact) mass is 346 g/mol. The minimum absolute atomic E-state index is 0.148. The van der Waals surface area contributed by atoms with E-state index in [0.29, 0.717) is 17.8 Å². The van der Waals surface area contributed by atoms with Gasteiger partial charge in [-0.15, -0.1) is 5.10 Å².